The molecule has 5 heteroatoms. The van der Waals surface area contributed by atoms with E-state index in [1.807, 2.05) is 0 Å². The lowest BCUT2D eigenvalue weighted by Gasteiger charge is -2.29. The second-order valence-corrected chi connectivity index (χ2v) is 5.40. The number of nitrogen functional groups attached to an aromatic ring is 1. The molecule has 4 nitrogen and oxygen atoms in total. The molecule has 0 aliphatic heterocycles. The molecule has 1 saturated carbocycles. The molecule has 0 spiro atoms. The Bertz CT molecular complexity index is 376. The highest BCUT2D eigenvalue weighted by molar-refractivity contribution is 7.10. The molecule has 0 aromatic carbocycles. The van der Waals surface area contributed by atoms with Gasteiger partial charge >= 0.3 is 0 Å². The molecule has 0 bridgehead atoms. The fourth-order valence-corrected chi connectivity index (χ4v) is 3.32. The Morgan fingerprint density at radius 2 is 2.29 bits per heavy atom. The molecule has 1 heterocycles. The van der Waals surface area contributed by atoms with Crippen molar-refractivity contribution in [2.75, 3.05) is 30.9 Å². The summed E-state index contributed by atoms with van der Waals surface area (Å²) in [4.78, 5) is 2.35. The first-order chi connectivity index (χ1) is 8.19. The largest absolute Gasteiger partial charge is 0.383 e. The van der Waals surface area contributed by atoms with Crippen molar-refractivity contribution in [3.05, 3.63) is 5.56 Å². The first-order valence-corrected chi connectivity index (χ1v) is 6.97. The van der Waals surface area contributed by atoms with Gasteiger partial charge in [0.15, 0.2) is 0 Å². The number of aromatic nitrogens is 1. The minimum absolute atomic E-state index is 0.363. The molecule has 1 aromatic heterocycles. The third-order valence-corrected chi connectivity index (χ3v) is 4.18. The van der Waals surface area contributed by atoms with Crippen LogP contribution in [0, 0.1) is 0 Å². The Hall–Kier alpha value is -0.810. The normalized spacial score (nSPS) is 17.1. The van der Waals surface area contributed by atoms with Gasteiger partial charge in [-0.1, -0.05) is 0 Å². The van der Waals surface area contributed by atoms with Gasteiger partial charge in [-0.15, -0.1) is 0 Å². The van der Waals surface area contributed by atoms with Crippen molar-refractivity contribution in [2.24, 2.45) is 0 Å². The summed E-state index contributed by atoms with van der Waals surface area (Å²) < 4.78 is 9.57. The van der Waals surface area contributed by atoms with Gasteiger partial charge in [0.05, 0.1) is 12.6 Å². The average Bonchev–Trinajstić information content (AvgIpc) is 3.06. The molecular weight excluding hydrogens is 234 g/mol. The molecule has 1 aromatic rings. The fraction of sp³-hybridized carbons (Fsp3) is 0.750. The Kier molecular flexibility index (Phi) is 3.89. The third-order valence-electron chi connectivity index (χ3n) is 3.26. The van der Waals surface area contributed by atoms with Gasteiger partial charge in [-0.05, 0) is 44.1 Å². The minimum atomic E-state index is 0.363. The highest BCUT2D eigenvalue weighted by Gasteiger charge is 2.32. The van der Waals surface area contributed by atoms with E-state index in [-0.39, 0.29) is 0 Å². The van der Waals surface area contributed by atoms with Crippen LogP contribution in [0.5, 0.6) is 0 Å². The number of rotatable bonds is 6. The van der Waals surface area contributed by atoms with Gasteiger partial charge in [0.2, 0.25) is 0 Å². The molecule has 2 N–H and O–H groups in total. The maximum atomic E-state index is 5.99. The van der Waals surface area contributed by atoms with Gasteiger partial charge in [-0.25, -0.2) is 0 Å². The van der Waals surface area contributed by atoms with Crippen LogP contribution in [0.3, 0.4) is 0 Å². The number of nitrogens with two attached hydrogens (primary N) is 1. The van der Waals surface area contributed by atoms with Crippen LogP contribution in [0.2, 0.25) is 0 Å². The maximum Gasteiger partial charge on any atom is 0.142 e. The zero-order valence-corrected chi connectivity index (χ0v) is 11.6. The predicted molar refractivity (Wildman–Crippen MR) is 72.9 cm³/mol. The summed E-state index contributed by atoms with van der Waals surface area (Å²) in [6.07, 6.45) is 2.51. The summed E-state index contributed by atoms with van der Waals surface area (Å²) in [5, 5.41) is 1.25. The topological polar surface area (TPSA) is 51.4 Å². The van der Waals surface area contributed by atoms with Crippen molar-refractivity contribution in [3.8, 4) is 0 Å². The van der Waals surface area contributed by atoms with Crippen molar-refractivity contribution in [3.63, 3.8) is 0 Å². The molecule has 1 unspecified atom stereocenters. The molecule has 2 rings (SSSR count). The molecule has 17 heavy (non-hydrogen) atoms. The van der Waals surface area contributed by atoms with Gasteiger partial charge in [0, 0.05) is 19.2 Å². The lowest BCUT2D eigenvalue weighted by atomic mass is 10.2. The van der Waals surface area contributed by atoms with E-state index in [1.54, 1.807) is 7.11 Å². The smallest absolute Gasteiger partial charge is 0.142 e. The Morgan fingerprint density at radius 3 is 2.82 bits per heavy atom. The van der Waals surface area contributed by atoms with Crippen LogP contribution in [-0.2, 0) is 4.74 Å². The van der Waals surface area contributed by atoms with Crippen LogP contribution in [0.1, 0.15) is 38.2 Å². The molecule has 1 atom stereocenters. The zero-order chi connectivity index (χ0) is 12.4. The van der Waals surface area contributed by atoms with E-state index in [0.717, 1.165) is 19.0 Å². The highest BCUT2D eigenvalue weighted by Crippen LogP contribution is 2.49. The molecule has 1 aliphatic rings. The number of methoxy groups -OCH3 is 1. The summed E-state index contributed by atoms with van der Waals surface area (Å²) >= 11 is 1.53. The van der Waals surface area contributed by atoms with Gasteiger partial charge in [0.25, 0.3) is 0 Å². The third kappa shape index (κ3) is 2.55. The van der Waals surface area contributed by atoms with E-state index in [1.165, 1.54) is 34.9 Å². The molecule has 96 valence electrons. The van der Waals surface area contributed by atoms with Gasteiger partial charge < -0.3 is 15.4 Å². The first-order valence-electron chi connectivity index (χ1n) is 6.19. The predicted octanol–water partition coefficient (Wildman–Crippen LogP) is 2.46. The van der Waals surface area contributed by atoms with Crippen molar-refractivity contribution < 1.29 is 4.74 Å². The van der Waals surface area contributed by atoms with Gasteiger partial charge in [-0.2, -0.15) is 4.37 Å². The lowest BCUT2D eigenvalue weighted by molar-refractivity contribution is 0.182. The second-order valence-electron chi connectivity index (χ2n) is 4.65. The number of nitrogens with zero attached hydrogens (tertiary/aromatic N) is 2. The van der Waals surface area contributed by atoms with Crippen molar-refractivity contribution in [1.29, 1.82) is 0 Å². The van der Waals surface area contributed by atoms with Gasteiger partial charge in [0.1, 0.15) is 10.8 Å². The molecule has 0 saturated heterocycles. The van der Waals surface area contributed by atoms with E-state index in [2.05, 4.69) is 23.1 Å². The second kappa shape index (κ2) is 5.23. The van der Waals surface area contributed by atoms with E-state index >= 15 is 0 Å². The van der Waals surface area contributed by atoms with E-state index in [0.29, 0.717) is 12.0 Å². The summed E-state index contributed by atoms with van der Waals surface area (Å²) in [6.45, 7) is 6.04. The summed E-state index contributed by atoms with van der Waals surface area (Å²) in [5.74, 6) is 1.38. The number of ether oxygens (including phenoxy) is 1. The number of anilines is 2. The Balaban J connectivity index is 2.23. The molecule has 0 radical (unpaired) electrons. The zero-order valence-electron chi connectivity index (χ0n) is 10.8. The SMILES string of the molecule is CCN(c1snc(N)c1C1CC1)C(C)COC. The van der Waals surface area contributed by atoms with E-state index in [9.17, 15) is 0 Å². The van der Waals surface area contributed by atoms with Crippen LogP contribution in [0.25, 0.3) is 0 Å². The lowest BCUT2D eigenvalue weighted by Crippen LogP contribution is -2.36. The summed E-state index contributed by atoms with van der Waals surface area (Å²) in [6, 6.07) is 0.363. The average molecular weight is 255 g/mol. The highest BCUT2D eigenvalue weighted by atomic mass is 32.1. The number of hydrogen-bond acceptors (Lipinski definition) is 5. The molecular formula is C12H21N3OS. The van der Waals surface area contributed by atoms with Crippen LogP contribution >= 0.6 is 11.5 Å². The number of hydrogen-bond donors (Lipinski definition) is 1. The van der Waals surface area contributed by atoms with E-state index < -0.39 is 0 Å². The maximum absolute atomic E-state index is 5.99. The quantitative estimate of drug-likeness (QED) is 0.848. The van der Waals surface area contributed by atoms with Crippen LogP contribution in [0.4, 0.5) is 10.8 Å². The molecule has 1 fully saturated rings. The standard InChI is InChI=1S/C12H21N3OS/c1-4-15(8(2)7-16-3)12-10(9-5-6-9)11(13)14-17-12/h8-9H,4-7H2,1-3H3,(H2,13,14). The van der Waals surface area contributed by atoms with Gasteiger partial charge in [-0.3, -0.25) is 0 Å². The van der Waals surface area contributed by atoms with Crippen LogP contribution in [-0.4, -0.2) is 30.7 Å². The molecule has 0 amide bonds. The Morgan fingerprint density at radius 1 is 1.59 bits per heavy atom. The number of likely N-dealkylation sites (N-methyl/N-ethyl adjacent to an activating group) is 1. The van der Waals surface area contributed by atoms with Crippen molar-refractivity contribution in [1.82, 2.24) is 4.37 Å². The van der Waals surface area contributed by atoms with Crippen molar-refractivity contribution in [2.45, 2.75) is 38.6 Å². The Labute approximate surface area is 107 Å². The van der Waals surface area contributed by atoms with Crippen LogP contribution in [0.15, 0.2) is 0 Å². The van der Waals surface area contributed by atoms with Crippen LogP contribution < -0.4 is 10.6 Å². The monoisotopic (exact) mass is 255 g/mol. The summed E-state index contributed by atoms with van der Waals surface area (Å²) in [7, 11) is 1.74. The van der Waals surface area contributed by atoms with E-state index in [4.69, 9.17) is 10.5 Å². The molecule has 1 aliphatic carbocycles. The fourth-order valence-electron chi connectivity index (χ4n) is 2.25. The van der Waals surface area contributed by atoms with Crippen molar-refractivity contribution >= 4 is 22.4 Å². The summed E-state index contributed by atoms with van der Waals surface area (Å²) in [5.41, 5.74) is 7.27. The minimum Gasteiger partial charge on any atom is -0.383 e. The first kappa shape index (κ1) is 12.6.